The number of hydrogen-bond acceptors (Lipinski definition) is 4. The summed E-state index contributed by atoms with van der Waals surface area (Å²) >= 11 is 0. The lowest BCUT2D eigenvalue weighted by molar-refractivity contribution is -0.144. The Kier molecular flexibility index (Phi) is 3.87. The Morgan fingerprint density at radius 2 is 2.29 bits per heavy atom. The third-order valence-corrected chi connectivity index (χ3v) is 6.50. The van der Waals surface area contributed by atoms with Crippen LogP contribution in [0.2, 0.25) is 0 Å². The molecule has 0 radical (unpaired) electrons. The van der Waals surface area contributed by atoms with Gasteiger partial charge in [0.2, 0.25) is 0 Å². The molecule has 0 aromatic carbocycles. The Morgan fingerprint density at radius 1 is 1.64 bits per heavy atom. The van der Waals surface area contributed by atoms with Gasteiger partial charge in [0, 0.05) is 20.5 Å². The molecule has 0 amide bonds. The first kappa shape index (κ1) is 11.9. The molecule has 1 N–H and O–H groups in total. The number of carbonyl (C=O) groups excluding carboxylic acids is 1. The Hall–Kier alpha value is -0.180. The van der Waals surface area contributed by atoms with E-state index in [1.165, 1.54) is 0 Å². The normalized spacial score (nSPS) is 32.2. The van der Waals surface area contributed by atoms with Crippen molar-refractivity contribution in [2.24, 2.45) is 0 Å². The molecule has 14 heavy (non-hydrogen) atoms. The molecule has 0 spiro atoms. The lowest BCUT2D eigenvalue weighted by Crippen LogP contribution is -2.34. The molecule has 4 nitrogen and oxygen atoms in total. The predicted octanol–water partition coefficient (Wildman–Crippen LogP) is 0.950. The van der Waals surface area contributed by atoms with Crippen molar-refractivity contribution in [1.29, 1.82) is 0 Å². The minimum absolute atomic E-state index is 0.0873. The van der Waals surface area contributed by atoms with Crippen LogP contribution in [0.4, 0.5) is 0 Å². The third-order valence-electron chi connectivity index (χ3n) is 2.74. The van der Waals surface area contributed by atoms with Crippen molar-refractivity contribution in [1.82, 2.24) is 9.76 Å². The molecular weight excluding hydrogens is 199 g/mol. The van der Waals surface area contributed by atoms with Crippen LogP contribution in [0.1, 0.15) is 13.3 Å². The second-order valence-electron chi connectivity index (χ2n) is 3.93. The standard InChI is InChI=1S/C9H20N2O2P/c1-5-13-9(12)8-6-7-14(4,10-8)11(2)3/h8,10H,5-7H2,1-4H3/q+1. The molecule has 0 saturated carbocycles. The van der Waals surface area contributed by atoms with E-state index in [9.17, 15) is 4.79 Å². The van der Waals surface area contributed by atoms with E-state index in [0.717, 1.165) is 12.6 Å². The van der Waals surface area contributed by atoms with Crippen molar-refractivity contribution in [3.8, 4) is 0 Å². The van der Waals surface area contributed by atoms with Gasteiger partial charge in [-0.2, -0.15) is 9.76 Å². The number of nitrogens with one attached hydrogen (secondary N) is 1. The van der Waals surface area contributed by atoms with Gasteiger partial charge in [-0.05, 0) is 6.92 Å². The van der Waals surface area contributed by atoms with Gasteiger partial charge in [0.1, 0.15) is 13.6 Å². The van der Waals surface area contributed by atoms with Gasteiger partial charge in [-0.1, -0.05) is 0 Å². The van der Waals surface area contributed by atoms with Crippen LogP contribution in [0.25, 0.3) is 0 Å². The molecule has 1 saturated heterocycles. The largest absolute Gasteiger partial charge is 0.465 e. The zero-order valence-corrected chi connectivity index (χ0v) is 10.3. The molecule has 2 atom stereocenters. The van der Waals surface area contributed by atoms with E-state index in [-0.39, 0.29) is 12.0 Å². The fraction of sp³-hybridized carbons (Fsp3) is 0.889. The Bertz CT molecular complexity index is 223. The van der Waals surface area contributed by atoms with E-state index in [1.54, 1.807) is 0 Å². The summed E-state index contributed by atoms with van der Waals surface area (Å²) in [6.07, 6.45) is 1.99. The Labute approximate surface area is 86.4 Å². The van der Waals surface area contributed by atoms with Crippen molar-refractivity contribution in [3.63, 3.8) is 0 Å². The molecule has 1 heterocycles. The highest BCUT2D eigenvalue weighted by Gasteiger charge is 2.46. The Morgan fingerprint density at radius 3 is 2.71 bits per heavy atom. The highest BCUT2D eigenvalue weighted by Crippen LogP contribution is 2.57. The van der Waals surface area contributed by atoms with Crippen LogP contribution in [-0.2, 0) is 9.53 Å². The average Bonchev–Trinajstić information content (AvgIpc) is 2.50. The van der Waals surface area contributed by atoms with E-state index < -0.39 is 7.56 Å². The number of hydrogen-bond donors (Lipinski definition) is 1. The third kappa shape index (κ3) is 2.44. The van der Waals surface area contributed by atoms with Gasteiger partial charge in [0.25, 0.3) is 0 Å². The average molecular weight is 219 g/mol. The number of ether oxygens (including phenoxy) is 1. The first-order valence-electron chi connectivity index (χ1n) is 4.97. The van der Waals surface area contributed by atoms with Gasteiger partial charge < -0.3 is 4.74 Å². The summed E-state index contributed by atoms with van der Waals surface area (Å²) in [6.45, 7) is 4.52. The first-order chi connectivity index (χ1) is 6.49. The van der Waals surface area contributed by atoms with Gasteiger partial charge >= 0.3 is 5.97 Å². The summed E-state index contributed by atoms with van der Waals surface area (Å²) in [6, 6.07) is -0.0873. The lowest BCUT2D eigenvalue weighted by Gasteiger charge is -2.23. The quantitative estimate of drug-likeness (QED) is 0.567. The fourth-order valence-corrected chi connectivity index (χ4v) is 4.00. The monoisotopic (exact) mass is 219 g/mol. The summed E-state index contributed by atoms with van der Waals surface area (Å²) in [5.74, 6) is -0.0990. The van der Waals surface area contributed by atoms with E-state index in [2.05, 4.69) is 30.5 Å². The van der Waals surface area contributed by atoms with Crippen LogP contribution in [-0.4, -0.2) is 50.2 Å². The topological polar surface area (TPSA) is 41.6 Å². The van der Waals surface area contributed by atoms with E-state index in [4.69, 9.17) is 4.74 Å². The first-order valence-corrected chi connectivity index (χ1v) is 7.35. The van der Waals surface area contributed by atoms with Crippen LogP contribution in [0.15, 0.2) is 0 Å². The SMILES string of the molecule is CCOC(=O)C1CC[P+](C)(N(C)C)N1. The molecule has 0 aromatic heterocycles. The molecule has 0 aliphatic carbocycles. The van der Waals surface area contributed by atoms with Crippen molar-refractivity contribution in [2.45, 2.75) is 19.4 Å². The summed E-state index contributed by atoms with van der Waals surface area (Å²) in [7, 11) is 2.88. The van der Waals surface area contributed by atoms with Crippen molar-refractivity contribution < 1.29 is 9.53 Å². The second kappa shape index (κ2) is 4.56. The maximum absolute atomic E-state index is 11.5. The van der Waals surface area contributed by atoms with Gasteiger partial charge in [-0.3, -0.25) is 4.79 Å². The van der Waals surface area contributed by atoms with Crippen LogP contribution in [0.3, 0.4) is 0 Å². The maximum atomic E-state index is 11.5. The lowest BCUT2D eigenvalue weighted by atomic mass is 10.2. The number of esters is 1. The number of nitrogens with zero attached hydrogens (tertiary/aromatic N) is 1. The maximum Gasteiger partial charge on any atom is 0.326 e. The van der Waals surface area contributed by atoms with Gasteiger partial charge in [-0.15, -0.1) is 0 Å². The highest BCUT2D eigenvalue weighted by molar-refractivity contribution is 7.71. The van der Waals surface area contributed by atoms with Gasteiger partial charge in [0.05, 0.1) is 19.4 Å². The highest BCUT2D eigenvalue weighted by atomic mass is 31.2. The predicted molar refractivity (Wildman–Crippen MR) is 59.6 cm³/mol. The molecule has 0 aromatic rings. The minimum atomic E-state index is -1.24. The molecule has 1 rings (SSSR count). The minimum Gasteiger partial charge on any atom is -0.465 e. The van der Waals surface area contributed by atoms with Crippen molar-refractivity contribution in [2.75, 3.05) is 33.5 Å². The molecule has 1 fully saturated rings. The summed E-state index contributed by atoms with van der Waals surface area (Å²) < 4.78 is 7.21. The van der Waals surface area contributed by atoms with Crippen LogP contribution in [0, 0.1) is 0 Å². The number of carbonyl (C=O) groups is 1. The zero-order chi connectivity index (χ0) is 10.8. The molecule has 1 aliphatic rings. The molecule has 82 valence electrons. The smallest absolute Gasteiger partial charge is 0.326 e. The van der Waals surface area contributed by atoms with Crippen LogP contribution in [0.5, 0.6) is 0 Å². The second-order valence-corrected chi connectivity index (χ2v) is 7.72. The van der Waals surface area contributed by atoms with Crippen LogP contribution < -0.4 is 5.09 Å². The van der Waals surface area contributed by atoms with Crippen molar-refractivity contribution in [3.05, 3.63) is 0 Å². The van der Waals surface area contributed by atoms with Crippen molar-refractivity contribution >= 4 is 13.5 Å². The number of rotatable bonds is 3. The van der Waals surface area contributed by atoms with E-state index in [0.29, 0.717) is 6.61 Å². The summed E-state index contributed by atoms with van der Waals surface area (Å²) in [4.78, 5) is 11.5. The zero-order valence-electron chi connectivity index (χ0n) is 9.41. The van der Waals surface area contributed by atoms with E-state index in [1.807, 2.05) is 6.92 Å². The van der Waals surface area contributed by atoms with Gasteiger partial charge in [0.15, 0.2) is 0 Å². The van der Waals surface area contributed by atoms with Gasteiger partial charge in [-0.25, -0.2) is 0 Å². The summed E-state index contributed by atoms with van der Waals surface area (Å²) in [5.41, 5.74) is 0. The Balaban J connectivity index is 2.52. The molecule has 5 heteroatoms. The van der Waals surface area contributed by atoms with Crippen LogP contribution >= 0.6 is 7.56 Å². The molecule has 2 unspecified atom stereocenters. The molecule has 0 bridgehead atoms. The van der Waals surface area contributed by atoms with E-state index >= 15 is 0 Å². The molecular formula is C9H20N2O2P+. The fourth-order valence-electron chi connectivity index (χ4n) is 1.57. The molecule has 1 aliphatic heterocycles. The summed E-state index contributed by atoms with van der Waals surface area (Å²) in [5, 5.41) is 3.41.